The van der Waals surface area contributed by atoms with Crippen LogP contribution >= 0.6 is 0 Å². The van der Waals surface area contributed by atoms with Gasteiger partial charge >= 0.3 is 0 Å². The summed E-state index contributed by atoms with van der Waals surface area (Å²) in [7, 11) is 0. The van der Waals surface area contributed by atoms with Crippen LogP contribution < -0.4 is 0 Å². The lowest BCUT2D eigenvalue weighted by Crippen LogP contribution is -2.24. The van der Waals surface area contributed by atoms with Crippen LogP contribution in [-0.2, 0) is 17.6 Å². The number of benzene rings is 2. The van der Waals surface area contributed by atoms with Crippen molar-refractivity contribution in [3.8, 4) is 11.1 Å². The van der Waals surface area contributed by atoms with E-state index >= 15 is 0 Å². The third-order valence-electron chi connectivity index (χ3n) is 8.99. The van der Waals surface area contributed by atoms with Gasteiger partial charge in [0.2, 0.25) is 0 Å². The van der Waals surface area contributed by atoms with Crippen molar-refractivity contribution < 1.29 is 4.79 Å². The largest absolute Gasteiger partial charge is 0.294 e. The van der Waals surface area contributed by atoms with Gasteiger partial charge in [0, 0.05) is 6.42 Å². The predicted octanol–water partition coefficient (Wildman–Crippen LogP) is 9.92. The third kappa shape index (κ3) is 7.67. The van der Waals surface area contributed by atoms with Gasteiger partial charge in [-0.2, -0.15) is 0 Å². The first-order valence-electron chi connectivity index (χ1n) is 15.1. The number of allylic oxidation sites excluding steroid dienone is 2. The van der Waals surface area contributed by atoms with E-state index in [2.05, 4.69) is 68.5 Å². The van der Waals surface area contributed by atoms with Crippen LogP contribution in [-0.4, -0.2) is 5.78 Å². The average molecular weight is 485 g/mol. The molecule has 36 heavy (non-hydrogen) atoms. The Morgan fingerprint density at radius 2 is 1.39 bits per heavy atom. The lowest BCUT2D eigenvalue weighted by atomic mass is 9.70. The van der Waals surface area contributed by atoms with Crippen molar-refractivity contribution in [1.29, 1.82) is 0 Å². The van der Waals surface area contributed by atoms with Gasteiger partial charge in [-0.05, 0) is 90.5 Å². The van der Waals surface area contributed by atoms with E-state index in [-0.39, 0.29) is 0 Å². The molecule has 1 saturated carbocycles. The van der Waals surface area contributed by atoms with E-state index in [4.69, 9.17) is 0 Å². The summed E-state index contributed by atoms with van der Waals surface area (Å²) in [5, 5.41) is 0. The first kappa shape index (κ1) is 26.9. The van der Waals surface area contributed by atoms with Crippen molar-refractivity contribution in [1.82, 2.24) is 0 Å². The Labute approximate surface area is 220 Å². The van der Waals surface area contributed by atoms with Crippen molar-refractivity contribution in [3.63, 3.8) is 0 Å². The van der Waals surface area contributed by atoms with Crippen LogP contribution in [0.1, 0.15) is 108 Å². The van der Waals surface area contributed by atoms with E-state index in [0.717, 1.165) is 41.7 Å². The molecule has 0 saturated heterocycles. The molecule has 1 nitrogen and oxygen atoms in total. The van der Waals surface area contributed by atoms with Crippen LogP contribution in [0.25, 0.3) is 11.1 Å². The first-order valence-corrected chi connectivity index (χ1v) is 15.1. The quantitative estimate of drug-likeness (QED) is 0.274. The van der Waals surface area contributed by atoms with Gasteiger partial charge in [0.15, 0.2) is 5.78 Å². The lowest BCUT2D eigenvalue weighted by Gasteiger charge is -2.35. The van der Waals surface area contributed by atoms with Crippen molar-refractivity contribution in [3.05, 3.63) is 71.3 Å². The molecule has 0 aromatic heterocycles. The number of ketones is 1. The van der Waals surface area contributed by atoms with Gasteiger partial charge in [-0.25, -0.2) is 0 Å². The molecule has 4 rings (SSSR count). The molecule has 2 aliphatic rings. The molecule has 1 fully saturated rings. The number of rotatable bonds is 12. The van der Waals surface area contributed by atoms with Crippen LogP contribution in [0, 0.1) is 17.8 Å². The molecule has 0 radical (unpaired) electrons. The molecular weight excluding hydrogens is 436 g/mol. The van der Waals surface area contributed by atoms with Gasteiger partial charge < -0.3 is 0 Å². The fourth-order valence-corrected chi connectivity index (χ4v) is 6.63. The highest BCUT2D eigenvalue weighted by Gasteiger charge is 2.29. The second-order valence-corrected chi connectivity index (χ2v) is 11.6. The maximum atomic E-state index is 13.0. The summed E-state index contributed by atoms with van der Waals surface area (Å²) < 4.78 is 0. The zero-order valence-corrected chi connectivity index (χ0v) is 22.9. The molecule has 0 aliphatic heterocycles. The number of hydrogen-bond donors (Lipinski definition) is 0. The molecule has 0 heterocycles. The Balaban J connectivity index is 1.24. The van der Waals surface area contributed by atoms with Crippen molar-refractivity contribution in [2.45, 2.75) is 110 Å². The highest BCUT2D eigenvalue weighted by molar-refractivity contribution is 5.97. The Morgan fingerprint density at radius 3 is 1.97 bits per heavy atom. The lowest BCUT2D eigenvalue weighted by molar-refractivity contribution is -0.115. The van der Waals surface area contributed by atoms with Crippen LogP contribution in [0.5, 0.6) is 0 Å². The van der Waals surface area contributed by atoms with Gasteiger partial charge in [-0.1, -0.05) is 113 Å². The average Bonchev–Trinajstić information content (AvgIpc) is 2.93. The minimum atomic E-state index is 0.334. The van der Waals surface area contributed by atoms with E-state index in [1.165, 1.54) is 93.7 Å². The summed E-state index contributed by atoms with van der Waals surface area (Å²) in [6.07, 6.45) is 21.0. The number of unbranched alkanes of at least 4 members (excludes halogenated alkanes) is 3. The van der Waals surface area contributed by atoms with Gasteiger partial charge in [0.05, 0.1) is 0 Å². The minimum Gasteiger partial charge on any atom is -0.294 e. The summed E-state index contributed by atoms with van der Waals surface area (Å²) in [6, 6.07) is 17.7. The topological polar surface area (TPSA) is 17.1 Å². The second kappa shape index (κ2) is 14.0. The van der Waals surface area contributed by atoms with E-state index in [1.54, 1.807) is 0 Å². The Hall–Kier alpha value is -2.15. The normalized spacial score (nSPS) is 22.3. The van der Waals surface area contributed by atoms with Crippen molar-refractivity contribution >= 4 is 5.78 Å². The number of carbonyl (C=O) groups excluding carboxylic acids is 1. The molecule has 0 amide bonds. The highest BCUT2D eigenvalue weighted by Crippen LogP contribution is 2.40. The first-order chi connectivity index (χ1) is 17.7. The third-order valence-corrected chi connectivity index (χ3v) is 8.99. The van der Waals surface area contributed by atoms with Crippen LogP contribution in [0.4, 0.5) is 0 Å². The monoisotopic (exact) mass is 484 g/mol. The molecule has 2 aliphatic carbocycles. The SMILES string of the molecule is CCCCCCc1ccc(-c2ccc(CC(=O)C3=CCC(C4CCC(CCC)CC4)CC3)cc2)cc1. The van der Waals surface area contributed by atoms with Gasteiger partial charge in [-0.3, -0.25) is 4.79 Å². The summed E-state index contributed by atoms with van der Waals surface area (Å²) in [5.74, 6) is 3.02. The summed E-state index contributed by atoms with van der Waals surface area (Å²) in [4.78, 5) is 13.0. The van der Waals surface area contributed by atoms with Gasteiger partial charge in [-0.15, -0.1) is 0 Å². The molecule has 2 aromatic carbocycles. The zero-order chi connectivity index (χ0) is 25.2. The molecule has 1 heteroatoms. The van der Waals surface area contributed by atoms with Crippen LogP contribution in [0.2, 0.25) is 0 Å². The minimum absolute atomic E-state index is 0.334. The summed E-state index contributed by atoms with van der Waals surface area (Å²) in [5.41, 5.74) is 6.15. The maximum absolute atomic E-state index is 13.0. The molecule has 0 N–H and O–H groups in total. The fourth-order valence-electron chi connectivity index (χ4n) is 6.63. The van der Waals surface area contributed by atoms with Gasteiger partial charge in [0.25, 0.3) is 0 Å². The number of Topliss-reactive ketones (excluding diaryl/α,β-unsaturated/α-hetero) is 1. The van der Waals surface area contributed by atoms with Crippen LogP contribution in [0.15, 0.2) is 60.2 Å². The maximum Gasteiger partial charge on any atom is 0.162 e. The zero-order valence-electron chi connectivity index (χ0n) is 22.9. The Kier molecular flexibility index (Phi) is 10.4. The number of aryl methyl sites for hydroxylation is 1. The van der Waals surface area contributed by atoms with E-state index in [9.17, 15) is 4.79 Å². The van der Waals surface area contributed by atoms with E-state index in [1.807, 2.05) is 0 Å². The standard InChI is InChI=1S/C35H48O/c1-3-5-6-7-9-28-12-18-30(19-13-28)32-20-14-29(15-21-32)26-35(36)34-24-22-33(23-25-34)31-16-10-27(8-4-2)11-17-31/h12-15,18-21,24,27,31,33H,3-11,16-17,22-23,25-26H2,1-2H3. The molecule has 1 atom stereocenters. The molecular formula is C35H48O. The molecule has 1 unspecified atom stereocenters. The van der Waals surface area contributed by atoms with E-state index in [0.29, 0.717) is 12.2 Å². The molecule has 0 bridgehead atoms. The predicted molar refractivity (Wildman–Crippen MR) is 154 cm³/mol. The summed E-state index contributed by atoms with van der Waals surface area (Å²) in [6.45, 7) is 4.58. The Bertz CT molecular complexity index is 957. The molecule has 0 spiro atoms. The number of hydrogen-bond acceptors (Lipinski definition) is 1. The van der Waals surface area contributed by atoms with Crippen LogP contribution in [0.3, 0.4) is 0 Å². The summed E-state index contributed by atoms with van der Waals surface area (Å²) >= 11 is 0. The smallest absolute Gasteiger partial charge is 0.162 e. The Morgan fingerprint density at radius 1 is 0.722 bits per heavy atom. The molecule has 2 aromatic rings. The molecule has 194 valence electrons. The highest BCUT2D eigenvalue weighted by atomic mass is 16.1. The number of carbonyl (C=O) groups is 1. The van der Waals surface area contributed by atoms with Gasteiger partial charge in [0.1, 0.15) is 0 Å². The fraction of sp³-hybridized carbons (Fsp3) is 0.571. The second-order valence-electron chi connectivity index (χ2n) is 11.6. The van der Waals surface area contributed by atoms with Crippen molar-refractivity contribution in [2.24, 2.45) is 17.8 Å². The van der Waals surface area contributed by atoms with Crippen molar-refractivity contribution in [2.75, 3.05) is 0 Å². The van der Waals surface area contributed by atoms with E-state index < -0.39 is 0 Å².